The number of hydrogen-bond donors (Lipinski definition) is 0. The number of anilines is 1. The summed E-state index contributed by atoms with van der Waals surface area (Å²) in [5, 5.41) is 0. The second-order valence-corrected chi connectivity index (χ2v) is 6.72. The average molecular weight is 341 g/mol. The lowest BCUT2D eigenvalue weighted by Crippen LogP contribution is -2.56. The molecule has 2 aliphatic rings. The van der Waals surface area contributed by atoms with Crippen molar-refractivity contribution >= 4 is 21.9 Å². The fourth-order valence-electron chi connectivity index (χ4n) is 3.27. The van der Waals surface area contributed by atoms with Crippen LogP contribution < -0.4 is 4.90 Å². The predicted molar refractivity (Wildman–Crippen MR) is 81.9 cm³/mol. The highest BCUT2D eigenvalue weighted by molar-refractivity contribution is 9.10. The number of ether oxygens (including phenoxy) is 1. The maximum Gasteiger partial charge on any atom is 0.225 e. The van der Waals surface area contributed by atoms with E-state index in [9.17, 15) is 0 Å². The summed E-state index contributed by atoms with van der Waals surface area (Å²) in [7, 11) is 4.31. The monoisotopic (exact) mass is 340 g/mol. The molecule has 6 heteroatoms. The van der Waals surface area contributed by atoms with E-state index in [2.05, 4.69) is 49.8 Å². The third-order valence-corrected chi connectivity index (χ3v) is 4.80. The zero-order chi connectivity index (χ0) is 14.1. The Bertz CT molecular complexity index is 453. The molecule has 1 aliphatic carbocycles. The van der Waals surface area contributed by atoms with Crippen LogP contribution in [0.3, 0.4) is 0 Å². The smallest absolute Gasteiger partial charge is 0.225 e. The molecule has 3 atom stereocenters. The molecule has 20 heavy (non-hydrogen) atoms. The van der Waals surface area contributed by atoms with Crippen molar-refractivity contribution in [1.29, 1.82) is 0 Å². The summed E-state index contributed by atoms with van der Waals surface area (Å²) in [6.07, 6.45) is 7.40. The van der Waals surface area contributed by atoms with Crippen molar-refractivity contribution < 1.29 is 4.74 Å². The first-order valence-electron chi connectivity index (χ1n) is 7.17. The second kappa shape index (κ2) is 5.95. The normalized spacial score (nSPS) is 30.4. The number of hydrogen-bond acceptors (Lipinski definition) is 5. The topological polar surface area (TPSA) is 41.5 Å². The number of nitrogens with zero attached hydrogens (tertiary/aromatic N) is 4. The minimum Gasteiger partial charge on any atom is -0.374 e. The van der Waals surface area contributed by atoms with Gasteiger partial charge in [-0.05, 0) is 49.3 Å². The van der Waals surface area contributed by atoms with E-state index in [1.165, 1.54) is 6.42 Å². The summed E-state index contributed by atoms with van der Waals surface area (Å²) in [6, 6.07) is 1.04. The molecule has 1 saturated heterocycles. The van der Waals surface area contributed by atoms with Crippen molar-refractivity contribution in [1.82, 2.24) is 14.9 Å². The maximum atomic E-state index is 6.00. The van der Waals surface area contributed by atoms with Crippen LogP contribution in [0.1, 0.15) is 19.3 Å². The van der Waals surface area contributed by atoms with Crippen LogP contribution in [0.4, 0.5) is 5.95 Å². The third-order valence-electron chi connectivity index (χ3n) is 4.39. The van der Waals surface area contributed by atoms with Gasteiger partial charge in [-0.15, -0.1) is 0 Å². The summed E-state index contributed by atoms with van der Waals surface area (Å²) in [5.74, 6) is 0.829. The molecule has 2 heterocycles. The Kier molecular flexibility index (Phi) is 4.23. The van der Waals surface area contributed by atoms with E-state index < -0.39 is 0 Å². The average Bonchev–Trinajstić information content (AvgIpc) is 2.47. The Morgan fingerprint density at radius 2 is 2.05 bits per heavy atom. The number of morpholine rings is 1. The summed E-state index contributed by atoms with van der Waals surface area (Å²) in [6.45, 7) is 1.65. The van der Waals surface area contributed by atoms with E-state index in [0.717, 1.165) is 36.4 Å². The molecule has 1 aromatic heterocycles. The van der Waals surface area contributed by atoms with Crippen LogP contribution in [0.2, 0.25) is 0 Å². The predicted octanol–water partition coefficient (Wildman–Crippen LogP) is 1.93. The van der Waals surface area contributed by atoms with Gasteiger partial charge in [-0.3, -0.25) is 0 Å². The Morgan fingerprint density at radius 1 is 1.30 bits per heavy atom. The van der Waals surface area contributed by atoms with E-state index >= 15 is 0 Å². The van der Waals surface area contributed by atoms with E-state index in [1.54, 1.807) is 0 Å². The van der Waals surface area contributed by atoms with Crippen molar-refractivity contribution in [3.05, 3.63) is 16.9 Å². The quantitative estimate of drug-likeness (QED) is 0.822. The van der Waals surface area contributed by atoms with Crippen molar-refractivity contribution in [3.63, 3.8) is 0 Å². The minimum atomic E-state index is 0.303. The van der Waals surface area contributed by atoms with Crippen molar-refractivity contribution in [2.75, 3.05) is 32.1 Å². The van der Waals surface area contributed by atoms with Gasteiger partial charge in [0, 0.05) is 25.0 Å². The summed E-state index contributed by atoms with van der Waals surface area (Å²) in [5.41, 5.74) is 0. The Morgan fingerprint density at radius 3 is 2.75 bits per heavy atom. The summed E-state index contributed by atoms with van der Waals surface area (Å²) in [4.78, 5) is 13.5. The van der Waals surface area contributed by atoms with Gasteiger partial charge < -0.3 is 14.5 Å². The first-order chi connectivity index (χ1) is 9.65. The van der Waals surface area contributed by atoms with Crippen LogP contribution in [0.5, 0.6) is 0 Å². The molecule has 5 nitrogen and oxygen atoms in total. The highest BCUT2D eigenvalue weighted by Gasteiger charge is 2.39. The molecule has 0 bridgehead atoms. The van der Waals surface area contributed by atoms with Gasteiger partial charge in [-0.2, -0.15) is 0 Å². The van der Waals surface area contributed by atoms with Gasteiger partial charge in [0.25, 0.3) is 0 Å². The van der Waals surface area contributed by atoms with E-state index in [1.807, 2.05) is 12.4 Å². The fraction of sp³-hybridized carbons (Fsp3) is 0.714. The molecule has 1 saturated carbocycles. The zero-order valence-electron chi connectivity index (χ0n) is 12.0. The summed E-state index contributed by atoms with van der Waals surface area (Å²) >= 11 is 3.39. The van der Waals surface area contributed by atoms with Crippen molar-refractivity contribution in [2.45, 2.75) is 37.5 Å². The van der Waals surface area contributed by atoms with Crippen LogP contribution in [-0.4, -0.2) is 60.3 Å². The molecule has 0 aromatic carbocycles. The molecule has 110 valence electrons. The van der Waals surface area contributed by atoms with Crippen LogP contribution in [-0.2, 0) is 4.74 Å². The van der Waals surface area contributed by atoms with Crippen LogP contribution in [0, 0.1) is 0 Å². The second-order valence-electron chi connectivity index (χ2n) is 5.80. The number of fused-ring (bicyclic) bond motifs is 1. The highest BCUT2D eigenvalue weighted by atomic mass is 79.9. The molecular weight excluding hydrogens is 320 g/mol. The van der Waals surface area contributed by atoms with E-state index in [-0.39, 0.29) is 0 Å². The Labute approximate surface area is 128 Å². The molecule has 3 rings (SSSR count). The van der Waals surface area contributed by atoms with Gasteiger partial charge in [0.05, 0.1) is 23.2 Å². The lowest BCUT2D eigenvalue weighted by Gasteiger charge is -2.46. The SMILES string of the molecule is CN(C)[C@@H]1CC[C@H]2[C@@H](C1)OCCN2c1ncc(Br)cn1. The molecule has 1 aromatic rings. The maximum absolute atomic E-state index is 6.00. The van der Waals surface area contributed by atoms with Crippen molar-refractivity contribution in [3.8, 4) is 0 Å². The molecular formula is C14H21BrN4O. The molecule has 1 aliphatic heterocycles. The molecule has 0 spiro atoms. The van der Waals surface area contributed by atoms with Gasteiger partial charge in [0.15, 0.2) is 0 Å². The van der Waals surface area contributed by atoms with Gasteiger partial charge in [0.1, 0.15) is 0 Å². The van der Waals surface area contributed by atoms with Gasteiger partial charge >= 0.3 is 0 Å². The molecule has 0 radical (unpaired) electrons. The molecule has 2 fully saturated rings. The third kappa shape index (κ3) is 2.82. The number of halogens is 1. The summed E-state index contributed by atoms with van der Waals surface area (Å²) < 4.78 is 6.92. The first-order valence-corrected chi connectivity index (χ1v) is 7.96. The Balaban J connectivity index is 1.75. The highest BCUT2D eigenvalue weighted by Crippen LogP contribution is 2.32. The Hall–Kier alpha value is -0.720. The van der Waals surface area contributed by atoms with Gasteiger partial charge in [-0.1, -0.05) is 0 Å². The lowest BCUT2D eigenvalue weighted by atomic mass is 9.86. The van der Waals surface area contributed by atoms with Gasteiger partial charge in [-0.25, -0.2) is 9.97 Å². The number of aromatic nitrogens is 2. The number of rotatable bonds is 2. The first kappa shape index (κ1) is 14.2. The van der Waals surface area contributed by atoms with E-state index in [0.29, 0.717) is 18.2 Å². The van der Waals surface area contributed by atoms with Crippen LogP contribution in [0.15, 0.2) is 16.9 Å². The van der Waals surface area contributed by atoms with E-state index in [4.69, 9.17) is 4.74 Å². The molecule has 0 unspecified atom stereocenters. The zero-order valence-corrected chi connectivity index (χ0v) is 13.6. The largest absolute Gasteiger partial charge is 0.374 e. The van der Waals surface area contributed by atoms with Gasteiger partial charge in [0.2, 0.25) is 5.95 Å². The minimum absolute atomic E-state index is 0.303. The van der Waals surface area contributed by atoms with Crippen LogP contribution in [0.25, 0.3) is 0 Å². The fourth-order valence-corrected chi connectivity index (χ4v) is 3.47. The standard InChI is InChI=1S/C14H21BrN4O/c1-18(2)11-3-4-12-13(7-11)20-6-5-19(12)14-16-8-10(15)9-17-14/h8-9,11-13H,3-7H2,1-2H3/t11-,12+,13-/m1/s1. The lowest BCUT2D eigenvalue weighted by molar-refractivity contribution is -0.0283. The molecule has 0 N–H and O–H groups in total. The van der Waals surface area contributed by atoms with Crippen molar-refractivity contribution in [2.24, 2.45) is 0 Å². The molecule has 0 amide bonds. The van der Waals surface area contributed by atoms with Crippen LogP contribution >= 0.6 is 15.9 Å².